The highest BCUT2D eigenvalue weighted by atomic mass is 31.2. The third-order valence-electron chi connectivity index (χ3n) is 17.0. The molecule has 0 aromatic carbocycles. The Kier molecular flexibility index (Phi) is 79.1. The van der Waals surface area contributed by atoms with Gasteiger partial charge >= 0.3 is 33.6 Å². The lowest BCUT2D eigenvalue weighted by Crippen LogP contribution is -2.30. The summed E-state index contributed by atoms with van der Waals surface area (Å²) in [7, 11) is -9.83. The highest BCUT2D eigenvalue weighted by Crippen LogP contribution is 2.45. The van der Waals surface area contributed by atoms with Crippen LogP contribution >= 0.6 is 15.6 Å². The number of ether oxygens (including phenoxy) is 3. The number of aliphatic hydroxyl groups is 2. The van der Waals surface area contributed by atoms with Crippen LogP contribution < -0.4 is 0 Å². The molecule has 111 heavy (non-hydrogen) atoms. The van der Waals surface area contributed by atoms with Crippen molar-refractivity contribution >= 4 is 33.6 Å². The van der Waals surface area contributed by atoms with E-state index >= 15 is 0 Å². The number of aliphatic hydroxyl groups excluding tert-OH is 2. The number of hydrogen-bond donors (Lipinski definition) is 4. The summed E-state index contributed by atoms with van der Waals surface area (Å²) >= 11 is 0. The standard InChI is InChI=1S/C93H150O16P2/c1-4-7-10-13-16-19-22-25-28-31-34-37-40-43-46-49-52-55-58-61-64-67-70-73-76-79-91(96)103-82-88(94)83-105-110(99,100)106-84-89(95)85-107-111(101,102)108-87-90(109-93(98)81-78-75-72-69-66-63-60-57-54-51-48-45-42-39-36-33-30-27-24-21-18-15-12-9-6-3)86-104-92(97)80-77-74-71-68-65-62-59-56-53-50-47-44-41-38-35-32-29-26-23-20-17-14-11-8-5-2/h7-12,16-21,25-30,34-39,43-48,52-53,55-56,88-90,94-95H,4-6,13-15,22-24,31-33,40-42,49-51,54,57-87H2,1-3H3,(H,99,100)(H,101,102)/b10-7-,11-8-,12-9-,19-16-,20-17-,21-18-,28-25-,29-26-,30-27-,37-34-,38-35-,39-36-,46-43-,47-44-,48-45-,55-52-,56-53-. The van der Waals surface area contributed by atoms with E-state index in [9.17, 15) is 43.5 Å². The van der Waals surface area contributed by atoms with Gasteiger partial charge in [-0.1, -0.05) is 324 Å². The number of allylic oxidation sites excluding steroid dienone is 34. The Balaban J connectivity index is 4.77. The van der Waals surface area contributed by atoms with E-state index in [-0.39, 0.29) is 19.3 Å². The summed E-state index contributed by atoms with van der Waals surface area (Å²) in [5.41, 5.74) is 0. The molecular weight excluding hydrogens is 1430 g/mol. The molecule has 0 rings (SSSR count). The predicted molar refractivity (Wildman–Crippen MR) is 463 cm³/mol. The van der Waals surface area contributed by atoms with Crippen molar-refractivity contribution in [2.75, 3.05) is 39.6 Å². The summed E-state index contributed by atoms with van der Waals surface area (Å²) in [6.45, 7) is 2.29. The van der Waals surface area contributed by atoms with Crippen LogP contribution in [0.15, 0.2) is 207 Å². The minimum absolute atomic E-state index is 0.0841. The Hall–Kier alpha value is -5.87. The summed E-state index contributed by atoms with van der Waals surface area (Å²) in [5, 5.41) is 20.7. The second-order valence-corrected chi connectivity index (χ2v) is 30.4. The van der Waals surface area contributed by atoms with Gasteiger partial charge in [-0.15, -0.1) is 0 Å². The third-order valence-corrected chi connectivity index (χ3v) is 18.9. The summed E-state index contributed by atoms with van der Waals surface area (Å²) in [6, 6.07) is 0. The molecule has 18 heteroatoms. The summed E-state index contributed by atoms with van der Waals surface area (Å²) in [4.78, 5) is 58.9. The average molecular weight is 1590 g/mol. The predicted octanol–water partition coefficient (Wildman–Crippen LogP) is 25.7. The largest absolute Gasteiger partial charge is 0.472 e. The molecule has 628 valence electrons. The monoisotopic (exact) mass is 1590 g/mol. The van der Waals surface area contributed by atoms with Crippen LogP contribution in [0.5, 0.6) is 0 Å². The van der Waals surface area contributed by atoms with Crippen molar-refractivity contribution in [1.82, 2.24) is 0 Å². The van der Waals surface area contributed by atoms with Crippen LogP contribution in [0, 0.1) is 0 Å². The van der Waals surface area contributed by atoms with Crippen LogP contribution in [0.2, 0.25) is 0 Å². The van der Waals surface area contributed by atoms with E-state index in [4.69, 9.17) is 32.3 Å². The topological polar surface area (TPSA) is 231 Å². The van der Waals surface area contributed by atoms with Crippen LogP contribution in [-0.2, 0) is 55.8 Å². The lowest BCUT2D eigenvalue weighted by molar-refractivity contribution is -0.161. The van der Waals surface area contributed by atoms with E-state index < -0.39 is 91.5 Å². The zero-order chi connectivity index (χ0) is 80.8. The number of phosphoric acid groups is 2. The van der Waals surface area contributed by atoms with Crippen molar-refractivity contribution in [2.45, 2.75) is 322 Å². The van der Waals surface area contributed by atoms with E-state index in [1.807, 2.05) is 0 Å². The molecule has 16 nitrogen and oxygen atoms in total. The molecule has 4 N–H and O–H groups in total. The van der Waals surface area contributed by atoms with Gasteiger partial charge < -0.3 is 34.2 Å². The molecule has 0 aliphatic heterocycles. The Morgan fingerprint density at radius 1 is 0.252 bits per heavy atom. The van der Waals surface area contributed by atoms with Crippen LogP contribution in [-0.4, -0.2) is 95.9 Å². The molecule has 0 bridgehead atoms. The van der Waals surface area contributed by atoms with Gasteiger partial charge in [0.1, 0.15) is 25.4 Å². The molecule has 0 radical (unpaired) electrons. The van der Waals surface area contributed by atoms with E-state index in [1.54, 1.807) is 0 Å². The fourth-order valence-corrected chi connectivity index (χ4v) is 12.2. The van der Waals surface area contributed by atoms with Gasteiger partial charge in [-0.05, 0) is 167 Å². The molecule has 0 saturated heterocycles. The highest BCUT2D eigenvalue weighted by Gasteiger charge is 2.29. The molecule has 0 saturated carbocycles. The van der Waals surface area contributed by atoms with Crippen molar-refractivity contribution in [3.63, 3.8) is 0 Å². The first-order chi connectivity index (χ1) is 54.2. The first kappa shape index (κ1) is 105. The molecule has 0 aromatic heterocycles. The number of carbonyl (C=O) groups is 3. The maximum atomic E-state index is 13.1. The summed E-state index contributed by atoms with van der Waals surface area (Å²) < 4.78 is 61.3. The van der Waals surface area contributed by atoms with Crippen LogP contribution in [0.25, 0.3) is 0 Å². The van der Waals surface area contributed by atoms with Crippen molar-refractivity contribution < 1.29 is 75.8 Å². The van der Waals surface area contributed by atoms with Gasteiger partial charge in [-0.25, -0.2) is 9.13 Å². The first-order valence-electron chi connectivity index (χ1n) is 42.4. The number of phosphoric ester groups is 2. The van der Waals surface area contributed by atoms with Crippen LogP contribution in [0.1, 0.15) is 303 Å². The van der Waals surface area contributed by atoms with E-state index in [0.29, 0.717) is 19.3 Å². The number of hydrogen-bond acceptors (Lipinski definition) is 14. The van der Waals surface area contributed by atoms with E-state index in [0.717, 1.165) is 225 Å². The van der Waals surface area contributed by atoms with Gasteiger partial charge in [-0.2, -0.15) is 0 Å². The molecule has 0 aliphatic carbocycles. The smallest absolute Gasteiger partial charge is 0.463 e. The second kappa shape index (κ2) is 83.6. The van der Waals surface area contributed by atoms with Gasteiger partial charge in [0.25, 0.3) is 0 Å². The zero-order valence-electron chi connectivity index (χ0n) is 68.8. The maximum absolute atomic E-state index is 13.1. The quantitative estimate of drug-likeness (QED) is 0.0146. The SMILES string of the molecule is CC/C=C\C/C=C\C/C=C\C/C=C\C/C=C\C/C=C\CCCCCCCCC(=O)OCC(O)COP(=O)(O)OCC(O)COP(=O)(O)OCC(COC(=O)CCCCCCCC/C=C\C/C=C\C/C=C\C/C=C\C/C=C\C/C=C\CC)OC(=O)CCCCCCCCCCC/C=C\C/C=C\C/C=C\C/C=C\C/C=C\CC. The Labute approximate surface area is 673 Å². The summed E-state index contributed by atoms with van der Waals surface area (Å²) in [5.74, 6) is -1.62. The van der Waals surface area contributed by atoms with Crippen molar-refractivity contribution in [3.8, 4) is 0 Å². The fraction of sp³-hybridized carbons (Fsp3) is 0.602. The van der Waals surface area contributed by atoms with Gasteiger partial charge in [0.2, 0.25) is 0 Å². The molecular formula is C93H150O16P2. The van der Waals surface area contributed by atoms with Gasteiger partial charge in [0.15, 0.2) is 6.10 Å². The lowest BCUT2D eigenvalue weighted by atomic mass is 10.1. The van der Waals surface area contributed by atoms with Gasteiger partial charge in [0, 0.05) is 19.3 Å². The normalized spacial score (nSPS) is 14.9. The molecule has 0 spiro atoms. The van der Waals surface area contributed by atoms with Crippen LogP contribution in [0.4, 0.5) is 0 Å². The number of unbranched alkanes of at least 4 members (excludes halogenated alkanes) is 21. The molecule has 0 aliphatic rings. The zero-order valence-corrected chi connectivity index (χ0v) is 70.6. The number of esters is 3. The number of carbonyl (C=O) groups excluding carboxylic acids is 3. The van der Waals surface area contributed by atoms with Crippen LogP contribution in [0.3, 0.4) is 0 Å². The lowest BCUT2D eigenvalue weighted by Gasteiger charge is -2.21. The molecule has 0 heterocycles. The number of rotatable bonds is 78. The van der Waals surface area contributed by atoms with Crippen molar-refractivity contribution in [2.24, 2.45) is 0 Å². The van der Waals surface area contributed by atoms with E-state index in [1.165, 1.54) is 19.3 Å². The molecule has 0 aromatic rings. The first-order valence-corrected chi connectivity index (χ1v) is 45.4. The fourth-order valence-electron chi connectivity index (χ4n) is 10.7. The summed E-state index contributed by atoms with van der Waals surface area (Å²) in [6.07, 6.45) is 111. The Bertz CT molecular complexity index is 2850. The van der Waals surface area contributed by atoms with Crippen molar-refractivity contribution in [3.05, 3.63) is 207 Å². The maximum Gasteiger partial charge on any atom is 0.472 e. The Morgan fingerprint density at radius 2 is 0.450 bits per heavy atom. The van der Waals surface area contributed by atoms with Gasteiger partial charge in [0.05, 0.1) is 26.4 Å². The second-order valence-electron chi connectivity index (χ2n) is 27.5. The van der Waals surface area contributed by atoms with Crippen molar-refractivity contribution in [1.29, 1.82) is 0 Å². The minimum atomic E-state index is -4.95. The molecule has 5 atom stereocenters. The third kappa shape index (κ3) is 84.9. The molecule has 0 amide bonds. The highest BCUT2D eigenvalue weighted by molar-refractivity contribution is 7.47. The van der Waals surface area contributed by atoms with Gasteiger partial charge in [-0.3, -0.25) is 32.5 Å². The minimum Gasteiger partial charge on any atom is -0.463 e. The Morgan fingerprint density at radius 3 is 0.712 bits per heavy atom. The molecule has 5 unspecified atom stereocenters. The average Bonchev–Trinajstić information content (AvgIpc) is 0.900. The van der Waals surface area contributed by atoms with E-state index in [2.05, 4.69) is 227 Å². The molecule has 0 fully saturated rings.